The molecule has 0 aliphatic heterocycles. The summed E-state index contributed by atoms with van der Waals surface area (Å²) in [5, 5.41) is 0. The minimum atomic E-state index is 0.490. The molecule has 1 saturated carbocycles. The molecule has 2 atom stereocenters. The smallest absolute Gasteiger partial charge is 0.00442 e. The summed E-state index contributed by atoms with van der Waals surface area (Å²) in [4.78, 5) is 0. The average molecular weight is 187 g/mol. The Morgan fingerprint density at radius 3 is 2.83 bits per heavy atom. The maximum absolute atomic E-state index is 5.91. The van der Waals surface area contributed by atoms with E-state index in [9.17, 15) is 0 Å². The van der Waals surface area contributed by atoms with Crippen LogP contribution in [0.5, 0.6) is 0 Å². The molecule has 1 aliphatic carbocycles. The van der Waals surface area contributed by atoms with Crippen molar-refractivity contribution in [1.29, 1.82) is 0 Å². The standard InChI is InChI=1S/C10H21NS/c1-10(5-3-7-12-2)6-4-9(11)8-10/h9H,3-8,11H2,1-2H3. The first kappa shape index (κ1) is 10.4. The van der Waals surface area contributed by atoms with Gasteiger partial charge in [-0.3, -0.25) is 0 Å². The third-order valence-electron chi connectivity index (χ3n) is 3.00. The van der Waals surface area contributed by atoms with Gasteiger partial charge in [0, 0.05) is 6.04 Å². The molecule has 0 heterocycles. The Bertz CT molecular complexity index is 138. The minimum absolute atomic E-state index is 0.490. The molecule has 2 unspecified atom stereocenters. The van der Waals surface area contributed by atoms with Gasteiger partial charge in [-0.1, -0.05) is 6.92 Å². The third kappa shape index (κ3) is 2.98. The molecule has 1 nitrogen and oxygen atoms in total. The van der Waals surface area contributed by atoms with Gasteiger partial charge in [0.2, 0.25) is 0 Å². The largest absolute Gasteiger partial charge is 0.328 e. The van der Waals surface area contributed by atoms with E-state index in [0.717, 1.165) is 0 Å². The zero-order valence-electron chi connectivity index (χ0n) is 8.31. The van der Waals surface area contributed by atoms with E-state index >= 15 is 0 Å². The molecular formula is C10H21NS. The highest BCUT2D eigenvalue weighted by Crippen LogP contribution is 2.40. The van der Waals surface area contributed by atoms with Crippen LogP contribution in [0.2, 0.25) is 0 Å². The topological polar surface area (TPSA) is 26.0 Å². The summed E-state index contributed by atoms with van der Waals surface area (Å²) in [6.45, 7) is 2.40. The summed E-state index contributed by atoms with van der Waals surface area (Å²) in [5.41, 5.74) is 6.49. The van der Waals surface area contributed by atoms with Crippen LogP contribution < -0.4 is 5.73 Å². The average Bonchev–Trinajstić information content (AvgIpc) is 2.32. The monoisotopic (exact) mass is 187 g/mol. The lowest BCUT2D eigenvalue weighted by atomic mass is 9.84. The molecule has 0 aromatic carbocycles. The number of nitrogens with two attached hydrogens (primary N) is 1. The number of hydrogen-bond donors (Lipinski definition) is 1. The van der Waals surface area contributed by atoms with E-state index < -0.39 is 0 Å². The molecule has 1 rings (SSSR count). The Morgan fingerprint density at radius 1 is 1.58 bits per heavy atom. The predicted octanol–water partition coefficient (Wildman–Crippen LogP) is 2.65. The molecule has 1 fully saturated rings. The summed E-state index contributed by atoms with van der Waals surface area (Å²) < 4.78 is 0. The molecule has 2 heteroatoms. The molecule has 0 bridgehead atoms. The quantitative estimate of drug-likeness (QED) is 0.685. The summed E-state index contributed by atoms with van der Waals surface area (Å²) in [7, 11) is 0. The summed E-state index contributed by atoms with van der Waals surface area (Å²) in [6.07, 6.45) is 8.77. The van der Waals surface area contributed by atoms with Crippen molar-refractivity contribution in [3.05, 3.63) is 0 Å². The van der Waals surface area contributed by atoms with Gasteiger partial charge >= 0.3 is 0 Å². The Kier molecular flexibility index (Phi) is 3.91. The molecule has 0 saturated heterocycles. The van der Waals surface area contributed by atoms with E-state index in [1.165, 1.54) is 37.9 Å². The zero-order valence-corrected chi connectivity index (χ0v) is 9.12. The predicted molar refractivity (Wildman–Crippen MR) is 57.5 cm³/mol. The van der Waals surface area contributed by atoms with Crippen molar-refractivity contribution >= 4 is 11.8 Å². The van der Waals surface area contributed by atoms with Crippen molar-refractivity contribution in [3.8, 4) is 0 Å². The van der Waals surface area contributed by atoms with Gasteiger partial charge in [-0.25, -0.2) is 0 Å². The first-order valence-corrected chi connectivity index (χ1v) is 6.30. The van der Waals surface area contributed by atoms with E-state index in [1.54, 1.807) is 0 Å². The van der Waals surface area contributed by atoms with Gasteiger partial charge in [0.25, 0.3) is 0 Å². The van der Waals surface area contributed by atoms with E-state index in [4.69, 9.17) is 5.73 Å². The van der Waals surface area contributed by atoms with E-state index in [0.29, 0.717) is 11.5 Å². The Labute approximate surface area is 80.5 Å². The summed E-state index contributed by atoms with van der Waals surface area (Å²) in [5.74, 6) is 1.31. The van der Waals surface area contributed by atoms with Crippen molar-refractivity contribution in [2.45, 2.75) is 45.1 Å². The van der Waals surface area contributed by atoms with Crippen molar-refractivity contribution in [2.75, 3.05) is 12.0 Å². The van der Waals surface area contributed by atoms with E-state index in [-0.39, 0.29) is 0 Å². The van der Waals surface area contributed by atoms with Gasteiger partial charge in [-0.05, 0) is 49.5 Å². The van der Waals surface area contributed by atoms with Crippen LogP contribution in [0.3, 0.4) is 0 Å². The lowest BCUT2D eigenvalue weighted by molar-refractivity contribution is 0.302. The van der Waals surface area contributed by atoms with Gasteiger partial charge in [-0.2, -0.15) is 11.8 Å². The molecular weight excluding hydrogens is 166 g/mol. The zero-order chi connectivity index (χ0) is 9.03. The molecule has 0 aromatic rings. The SMILES string of the molecule is CSCCCC1(C)CCC(N)C1. The van der Waals surface area contributed by atoms with Crippen molar-refractivity contribution in [1.82, 2.24) is 0 Å². The van der Waals surface area contributed by atoms with Crippen molar-refractivity contribution < 1.29 is 0 Å². The van der Waals surface area contributed by atoms with Gasteiger partial charge in [0.05, 0.1) is 0 Å². The lowest BCUT2D eigenvalue weighted by Gasteiger charge is -2.23. The van der Waals surface area contributed by atoms with Gasteiger partial charge < -0.3 is 5.73 Å². The highest BCUT2D eigenvalue weighted by molar-refractivity contribution is 7.98. The number of hydrogen-bond acceptors (Lipinski definition) is 2. The first-order valence-electron chi connectivity index (χ1n) is 4.91. The van der Waals surface area contributed by atoms with Crippen LogP contribution >= 0.6 is 11.8 Å². The van der Waals surface area contributed by atoms with Crippen molar-refractivity contribution in [2.24, 2.45) is 11.1 Å². The minimum Gasteiger partial charge on any atom is -0.328 e. The van der Waals surface area contributed by atoms with Crippen LogP contribution in [0.25, 0.3) is 0 Å². The summed E-state index contributed by atoms with van der Waals surface area (Å²) >= 11 is 1.95. The molecule has 0 radical (unpaired) electrons. The van der Waals surface area contributed by atoms with E-state index in [2.05, 4.69) is 13.2 Å². The van der Waals surface area contributed by atoms with Crippen LogP contribution in [0.15, 0.2) is 0 Å². The van der Waals surface area contributed by atoms with Crippen LogP contribution in [0.4, 0.5) is 0 Å². The second-order valence-electron chi connectivity index (χ2n) is 4.41. The second kappa shape index (κ2) is 4.52. The Morgan fingerprint density at radius 2 is 2.33 bits per heavy atom. The highest BCUT2D eigenvalue weighted by Gasteiger charge is 2.32. The van der Waals surface area contributed by atoms with Crippen LogP contribution in [0, 0.1) is 5.41 Å². The second-order valence-corrected chi connectivity index (χ2v) is 5.40. The van der Waals surface area contributed by atoms with Gasteiger partial charge in [-0.15, -0.1) is 0 Å². The maximum Gasteiger partial charge on any atom is 0.00442 e. The Hall–Kier alpha value is 0.310. The molecule has 2 N–H and O–H groups in total. The first-order chi connectivity index (χ1) is 5.66. The van der Waals surface area contributed by atoms with Gasteiger partial charge in [0.15, 0.2) is 0 Å². The van der Waals surface area contributed by atoms with Crippen LogP contribution in [-0.4, -0.2) is 18.1 Å². The highest BCUT2D eigenvalue weighted by atomic mass is 32.2. The number of rotatable bonds is 4. The summed E-state index contributed by atoms with van der Waals surface area (Å²) in [6, 6.07) is 0.490. The lowest BCUT2D eigenvalue weighted by Crippen LogP contribution is -2.19. The van der Waals surface area contributed by atoms with Crippen LogP contribution in [-0.2, 0) is 0 Å². The van der Waals surface area contributed by atoms with Gasteiger partial charge in [0.1, 0.15) is 0 Å². The molecule has 0 amide bonds. The fourth-order valence-electron chi connectivity index (χ4n) is 2.24. The molecule has 0 spiro atoms. The maximum atomic E-state index is 5.91. The molecule has 0 aromatic heterocycles. The number of thioether (sulfide) groups is 1. The Balaban J connectivity index is 2.21. The molecule has 12 heavy (non-hydrogen) atoms. The molecule has 72 valence electrons. The van der Waals surface area contributed by atoms with Crippen LogP contribution in [0.1, 0.15) is 39.0 Å². The normalized spacial score (nSPS) is 35.8. The fraction of sp³-hybridized carbons (Fsp3) is 1.00. The van der Waals surface area contributed by atoms with Crippen molar-refractivity contribution in [3.63, 3.8) is 0 Å². The third-order valence-corrected chi connectivity index (χ3v) is 3.70. The molecule has 1 aliphatic rings. The van der Waals surface area contributed by atoms with E-state index in [1.807, 2.05) is 11.8 Å². The fourth-order valence-corrected chi connectivity index (χ4v) is 2.67.